The molecule has 0 fully saturated rings. The minimum Gasteiger partial charge on any atom is -0.337 e. The number of imidazole rings is 1. The highest BCUT2D eigenvalue weighted by molar-refractivity contribution is 6.42. The van der Waals surface area contributed by atoms with Crippen LogP contribution in [0.15, 0.2) is 36.9 Å². The lowest BCUT2D eigenvalue weighted by Gasteiger charge is -2.16. The predicted octanol–water partition coefficient (Wildman–Crippen LogP) is 4.32. The van der Waals surface area contributed by atoms with Gasteiger partial charge in [0.1, 0.15) is 0 Å². The molecular formula is C15H19Cl2N3. The molecule has 5 heteroatoms. The Hall–Kier alpha value is -1.03. The highest BCUT2D eigenvalue weighted by Crippen LogP contribution is 2.29. The van der Waals surface area contributed by atoms with E-state index in [2.05, 4.69) is 21.8 Å². The summed E-state index contributed by atoms with van der Waals surface area (Å²) in [6, 6.07) is 5.96. The molecule has 0 saturated carbocycles. The van der Waals surface area contributed by atoms with Crippen LogP contribution < -0.4 is 5.32 Å². The van der Waals surface area contributed by atoms with Gasteiger partial charge in [0.2, 0.25) is 0 Å². The average Bonchev–Trinajstić information content (AvgIpc) is 2.94. The Balaban J connectivity index is 1.72. The zero-order valence-corrected chi connectivity index (χ0v) is 13.0. The van der Waals surface area contributed by atoms with E-state index in [9.17, 15) is 0 Å². The Morgan fingerprint density at radius 2 is 2.15 bits per heavy atom. The van der Waals surface area contributed by atoms with E-state index in [0.29, 0.717) is 10.0 Å². The Kier molecular flexibility index (Phi) is 5.89. The minimum absolute atomic E-state index is 0.203. The van der Waals surface area contributed by atoms with Gasteiger partial charge in [0.15, 0.2) is 0 Å². The van der Waals surface area contributed by atoms with Crippen LogP contribution in [0.25, 0.3) is 0 Å². The fraction of sp³-hybridized carbons (Fsp3) is 0.400. The topological polar surface area (TPSA) is 29.9 Å². The highest BCUT2D eigenvalue weighted by Gasteiger charge is 2.10. The third-order valence-corrected chi connectivity index (χ3v) is 4.13. The number of hydrogen-bond donors (Lipinski definition) is 1. The highest BCUT2D eigenvalue weighted by atomic mass is 35.5. The average molecular weight is 312 g/mol. The van der Waals surface area contributed by atoms with Crippen molar-refractivity contribution in [2.45, 2.75) is 32.4 Å². The van der Waals surface area contributed by atoms with E-state index in [1.807, 2.05) is 36.9 Å². The van der Waals surface area contributed by atoms with Gasteiger partial charge in [-0.3, -0.25) is 0 Å². The Morgan fingerprint density at radius 1 is 1.30 bits per heavy atom. The number of aromatic nitrogens is 2. The predicted molar refractivity (Wildman–Crippen MR) is 84.3 cm³/mol. The SMILES string of the molecule is CC(NCCCCn1ccnc1)c1cccc(Cl)c1Cl. The molecule has 1 aromatic heterocycles. The third-order valence-electron chi connectivity index (χ3n) is 3.30. The maximum Gasteiger partial charge on any atom is 0.0945 e. The van der Waals surface area contributed by atoms with Crippen molar-refractivity contribution in [3.05, 3.63) is 52.5 Å². The molecule has 0 bridgehead atoms. The zero-order valence-electron chi connectivity index (χ0n) is 11.5. The molecule has 1 heterocycles. The summed E-state index contributed by atoms with van der Waals surface area (Å²) in [4.78, 5) is 4.03. The van der Waals surface area contributed by atoms with Crippen molar-refractivity contribution in [1.82, 2.24) is 14.9 Å². The molecule has 1 atom stereocenters. The van der Waals surface area contributed by atoms with Crippen molar-refractivity contribution in [2.75, 3.05) is 6.54 Å². The standard InChI is InChI=1S/C15H19Cl2N3/c1-12(13-5-4-6-14(16)15(13)17)19-7-2-3-9-20-10-8-18-11-20/h4-6,8,10-12,19H,2-3,7,9H2,1H3. The lowest BCUT2D eigenvalue weighted by molar-refractivity contribution is 0.523. The van der Waals surface area contributed by atoms with Crippen LogP contribution in [0.2, 0.25) is 10.0 Å². The van der Waals surface area contributed by atoms with Crippen molar-refractivity contribution >= 4 is 23.2 Å². The summed E-state index contributed by atoms with van der Waals surface area (Å²) in [5, 5.41) is 4.73. The van der Waals surface area contributed by atoms with Crippen LogP contribution in [-0.2, 0) is 6.54 Å². The monoisotopic (exact) mass is 311 g/mol. The summed E-state index contributed by atoms with van der Waals surface area (Å²) in [7, 11) is 0. The molecule has 0 amide bonds. The summed E-state index contributed by atoms with van der Waals surface area (Å²) < 4.78 is 2.09. The number of hydrogen-bond acceptors (Lipinski definition) is 2. The van der Waals surface area contributed by atoms with E-state index in [0.717, 1.165) is 31.5 Å². The molecule has 2 rings (SSSR count). The second-order valence-corrected chi connectivity index (χ2v) is 5.61. The molecule has 1 N–H and O–H groups in total. The van der Waals surface area contributed by atoms with Crippen LogP contribution in [0.3, 0.4) is 0 Å². The van der Waals surface area contributed by atoms with Gasteiger partial charge in [0, 0.05) is 25.0 Å². The van der Waals surface area contributed by atoms with Crippen LogP contribution in [-0.4, -0.2) is 16.1 Å². The molecule has 1 aromatic carbocycles. The number of aryl methyl sites for hydroxylation is 1. The number of nitrogens with zero attached hydrogens (tertiary/aromatic N) is 2. The van der Waals surface area contributed by atoms with Crippen molar-refractivity contribution < 1.29 is 0 Å². The molecule has 0 radical (unpaired) electrons. The van der Waals surface area contributed by atoms with Gasteiger partial charge in [-0.2, -0.15) is 0 Å². The van der Waals surface area contributed by atoms with Crippen LogP contribution in [0.1, 0.15) is 31.4 Å². The van der Waals surface area contributed by atoms with Gasteiger partial charge in [-0.15, -0.1) is 0 Å². The first-order valence-corrected chi connectivity index (χ1v) is 7.57. The smallest absolute Gasteiger partial charge is 0.0945 e. The van der Waals surface area contributed by atoms with Crippen LogP contribution in [0.5, 0.6) is 0 Å². The van der Waals surface area contributed by atoms with Gasteiger partial charge in [0.05, 0.1) is 16.4 Å². The van der Waals surface area contributed by atoms with Crippen molar-refractivity contribution in [1.29, 1.82) is 0 Å². The van der Waals surface area contributed by atoms with Crippen LogP contribution in [0, 0.1) is 0 Å². The molecule has 20 heavy (non-hydrogen) atoms. The van der Waals surface area contributed by atoms with E-state index in [-0.39, 0.29) is 6.04 Å². The largest absolute Gasteiger partial charge is 0.337 e. The summed E-state index contributed by atoms with van der Waals surface area (Å²) in [6.07, 6.45) is 7.88. The summed E-state index contributed by atoms with van der Waals surface area (Å²) in [5.74, 6) is 0. The van der Waals surface area contributed by atoms with Crippen molar-refractivity contribution in [3.63, 3.8) is 0 Å². The molecule has 3 nitrogen and oxygen atoms in total. The van der Waals surface area contributed by atoms with Gasteiger partial charge in [-0.05, 0) is 37.9 Å². The van der Waals surface area contributed by atoms with Gasteiger partial charge >= 0.3 is 0 Å². The van der Waals surface area contributed by atoms with Crippen LogP contribution in [0.4, 0.5) is 0 Å². The molecule has 2 aromatic rings. The third kappa shape index (κ3) is 4.23. The Labute approximate surface area is 129 Å². The number of unbranched alkanes of at least 4 members (excludes halogenated alkanes) is 1. The first-order chi connectivity index (χ1) is 9.68. The maximum atomic E-state index is 6.21. The van der Waals surface area contributed by atoms with E-state index < -0.39 is 0 Å². The number of nitrogens with one attached hydrogen (secondary N) is 1. The second kappa shape index (κ2) is 7.67. The zero-order chi connectivity index (χ0) is 14.4. The molecule has 0 aliphatic carbocycles. The quantitative estimate of drug-likeness (QED) is 0.772. The Bertz CT molecular complexity index is 526. The van der Waals surface area contributed by atoms with Gasteiger partial charge in [-0.25, -0.2) is 4.98 Å². The van der Waals surface area contributed by atoms with E-state index in [1.54, 1.807) is 0 Å². The molecule has 0 saturated heterocycles. The number of halogens is 2. The lowest BCUT2D eigenvalue weighted by atomic mass is 10.1. The van der Waals surface area contributed by atoms with Crippen molar-refractivity contribution in [3.8, 4) is 0 Å². The molecule has 1 unspecified atom stereocenters. The first-order valence-electron chi connectivity index (χ1n) is 6.81. The summed E-state index contributed by atoms with van der Waals surface area (Å²) in [5.41, 5.74) is 1.05. The molecule has 0 aliphatic heterocycles. The molecule has 0 spiro atoms. The van der Waals surface area contributed by atoms with Gasteiger partial charge in [-0.1, -0.05) is 35.3 Å². The molecule has 108 valence electrons. The van der Waals surface area contributed by atoms with Crippen molar-refractivity contribution in [2.24, 2.45) is 0 Å². The minimum atomic E-state index is 0.203. The first kappa shape index (κ1) is 15.4. The normalized spacial score (nSPS) is 12.6. The molecular weight excluding hydrogens is 293 g/mol. The summed E-state index contributed by atoms with van der Waals surface area (Å²) >= 11 is 12.2. The number of benzene rings is 1. The van der Waals surface area contributed by atoms with E-state index in [1.165, 1.54) is 0 Å². The van der Waals surface area contributed by atoms with Crippen LogP contribution >= 0.6 is 23.2 Å². The fourth-order valence-electron chi connectivity index (χ4n) is 2.12. The lowest BCUT2D eigenvalue weighted by Crippen LogP contribution is -2.20. The Morgan fingerprint density at radius 3 is 2.90 bits per heavy atom. The van der Waals surface area contributed by atoms with Gasteiger partial charge in [0.25, 0.3) is 0 Å². The van der Waals surface area contributed by atoms with Gasteiger partial charge < -0.3 is 9.88 Å². The maximum absolute atomic E-state index is 6.21. The second-order valence-electron chi connectivity index (χ2n) is 4.83. The molecule has 0 aliphatic rings. The number of rotatable bonds is 7. The van der Waals surface area contributed by atoms with E-state index in [4.69, 9.17) is 23.2 Å². The van der Waals surface area contributed by atoms with E-state index >= 15 is 0 Å². The summed E-state index contributed by atoms with van der Waals surface area (Å²) in [6.45, 7) is 4.07. The fourth-order valence-corrected chi connectivity index (χ4v) is 2.59.